The van der Waals surface area contributed by atoms with Crippen molar-refractivity contribution in [3.8, 4) is 5.75 Å². The van der Waals surface area contributed by atoms with Gasteiger partial charge in [-0.05, 0) is 52.2 Å². The number of aryl methyl sites for hydroxylation is 1. The van der Waals surface area contributed by atoms with Gasteiger partial charge in [0.25, 0.3) is 5.91 Å². The van der Waals surface area contributed by atoms with Crippen molar-refractivity contribution in [1.82, 2.24) is 5.32 Å². The van der Waals surface area contributed by atoms with Crippen LogP contribution in [0.25, 0.3) is 0 Å². The molecule has 0 radical (unpaired) electrons. The van der Waals surface area contributed by atoms with Gasteiger partial charge in [-0.15, -0.1) is 0 Å². The van der Waals surface area contributed by atoms with Crippen LogP contribution in [-0.4, -0.2) is 13.0 Å². The molecule has 0 unspecified atom stereocenters. The van der Waals surface area contributed by atoms with Crippen LogP contribution in [0.5, 0.6) is 5.75 Å². The Bertz CT molecular complexity index is 626. The van der Waals surface area contributed by atoms with Crippen molar-refractivity contribution in [2.24, 2.45) is 0 Å². The highest BCUT2D eigenvalue weighted by atomic mass is 79.9. The molecule has 1 amide bonds. The van der Waals surface area contributed by atoms with Crippen LogP contribution >= 0.6 is 15.9 Å². The van der Waals surface area contributed by atoms with E-state index in [4.69, 9.17) is 4.74 Å². The van der Waals surface area contributed by atoms with E-state index in [0.29, 0.717) is 17.9 Å². The smallest absolute Gasteiger partial charge is 0.251 e. The minimum absolute atomic E-state index is 0.100. The van der Waals surface area contributed by atoms with Crippen LogP contribution in [0.2, 0.25) is 0 Å². The third kappa shape index (κ3) is 3.39. The molecule has 0 aliphatic rings. The number of ether oxygens (including phenoxy) is 1. The van der Waals surface area contributed by atoms with E-state index in [1.165, 1.54) is 5.56 Å². The summed E-state index contributed by atoms with van der Waals surface area (Å²) in [5.74, 6) is 0.608. The molecule has 4 heteroatoms. The fraction of sp³-hybridized carbons (Fsp3) is 0.188. The van der Waals surface area contributed by atoms with Crippen LogP contribution in [0.15, 0.2) is 46.9 Å². The monoisotopic (exact) mass is 333 g/mol. The van der Waals surface area contributed by atoms with Gasteiger partial charge in [-0.1, -0.05) is 24.3 Å². The molecule has 0 spiro atoms. The molecule has 0 saturated carbocycles. The zero-order chi connectivity index (χ0) is 14.5. The van der Waals surface area contributed by atoms with Crippen LogP contribution in [0, 0.1) is 6.92 Å². The SMILES string of the molecule is COc1ccc(C(=O)NCc2ccccc2C)cc1Br. The first-order valence-corrected chi connectivity index (χ1v) is 7.07. The average Bonchev–Trinajstić information content (AvgIpc) is 2.46. The van der Waals surface area contributed by atoms with E-state index in [0.717, 1.165) is 10.0 Å². The maximum Gasteiger partial charge on any atom is 0.251 e. The summed E-state index contributed by atoms with van der Waals surface area (Å²) in [6.45, 7) is 2.56. The third-order valence-corrected chi connectivity index (χ3v) is 3.73. The molecule has 0 atom stereocenters. The first-order valence-electron chi connectivity index (χ1n) is 6.28. The molecule has 2 aromatic rings. The minimum Gasteiger partial charge on any atom is -0.496 e. The summed E-state index contributed by atoms with van der Waals surface area (Å²) in [5, 5.41) is 2.92. The van der Waals surface area contributed by atoms with Crippen molar-refractivity contribution >= 4 is 21.8 Å². The van der Waals surface area contributed by atoms with Crippen LogP contribution in [0.1, 0.15) is 21.5 Å². The van der Waals surface area contributed by atoms with E-state index in [-0.39, 0.29) is 5.91 Å². The topological polar surface area (TPSA) is 38.3 Å². The van der Waals surface area contributed by atoms with Crippen molar-refractivity contribution in [3.63, 3.8) is 0 Å². The van der Waals surface area contributed by atoms with Crippen LogP contribution in [0.4, 0.5) is 0 Å². The van der Waals surface area contributed by atoms with Gasteiger partial charge in [0, 0.05) is 12.1 Å². The lowest BCUT2D eigenvalue weighted by Crippen LogP contribution is -2.23. The van der Waals surface area contributed by atoms with Gasteiger partial charge in [-0.2, -0.15) is 0 Å². The number of benzene rings is 2. The number of methoxy groups -OCH3 is 1. The Morgan fingerprint density at radius 2 is 2.00 bits per heavy atom. The van der Waals surface area contributed by atoms with Crippen molar-refractivity contribution in [3.05, 3.63) is 63.6 Å². The molecule has 1 N–H and O–H groups in total. The number of carbonyl (C=O) groups is 1. The van der Waals surface area contributed by atoms with Crippen molar-refractivity contribution in [1.29, 1.82) is 0 Å². The van der Waals surface area contributed by atoms with Crippen LogP contribution in [-0.2, 0) is 6.54 Å². The molecule has 0 aliphatic carbocycles. The Morgan fingerprint density at radius 1 is 1.25 bits per heavy atom. The molecule has 0 saturated heterocycles. The number of rotatable bonds is 4. The lowest BCUT2D eigenvalue weighted by molar-refractivity contribution is 0.0951. The third-order valence-electron chi connectivity index (χ3n) is 3.11. The lowest BCUT2D eigenvalue weighted by Gasteiger charge is -2.09. The van der Waals surface area contributed by atoms with E-state index >= 15 is 0 Å². The van der Waals surface area contributed by atoms with E-state index < -0.39 is 0 Å². The fourth-order valence-corrected chi connectivity index (χ4v) is 2.43. The number of amides is 1. The normalized spacial score (nSPS) is 10.2. The van der Waals surface area contributed by atoms with Gasteiger partial charge in [0.05, 0.1) is 11.6 Å². The second kappa shape index (κ2) is 6.57. The van der Waals surface area contributed by atoms with Crippen LogP contribution < -0.4 is 10.1 Å². The molecule has 3 nitrogen and oxygen atoms in total. The van der Waals surface area contributed by atoms with Gasteiger partial charge >= 0.3 is 0 Å². The number of carbonyl (C=O) groups excluding carboxylic acids is 1. The Balaban J connectivity index is 2.05. The zero-order valence-electron chi connectivity index (χ0n) is 11.4. The quantitative estimate of drug-likeness (QED) is 0.926. The maximum atomic E-state index is 12.1. The second-order valence-electron chi connectivity index (χ2n) is 4.46. The van der Waals surface area contributed by atoms with Crippen molar-refractivity contribution in [2.45, 2.75) is 13.5 Å². The summed E-state index contributed by atoms with van der Waals surface area (Å²) in [5.41, 5.74) is 2.89. The Labute approximate surface area is 127 Å². The number of nitrogens with one attached hydrogen (secondary N) is 1. The average molecular weight is 334 g/mol. The molecule has 0 aliphatic heterocycles. The Morgan fingerprint density at radius 3 is 2.65 bits per heavy atom. The summed E-state index contributed by atoms with van der Waals surface area (Å²) < 4.78 is 5.91. The van der Waals surface area contributed by atoms with Gasteiger partial charge in [-0.25, -0.2) is 0 Å². The Hall–Kier alpha value is -1.81. The zero-order valence-corrected chi connectivity index (χ0v) is 13.0. The standard InChI is InChI=1S/C16H16BrNO2/c1-11-5-3-4-6-13(11)10-18-16(19)12-7-8-15(20-2)14(17)9-12/h3-9H,10H2,1-2H3,(H,18,19). The summed E-state index contributed by atoms with van der Waals surface area (Å²) in [4.78, 5) is 12.1. The van der Waals surface area contributed by atoms with Crippen molar-refractivity contribution in [2.75, 3.05) is 7.11 Å². The van der Waals surface area contributed by atoms with E-state index in [1.54, 1.807) is 25.3 Å². The van der Waals surface area contributed by atoms with E-state index in [2.05, 4.69) is 21.2 Å². The summed E-state index contributed by atoms with van der Waals surface area (Å²) in [6, 6.07) is 13.3. The van der Waals surface area contributed by atoms with Gasteiger partial charge in [-0.3, -0.25) is 4.79 Å². The summed E-state index contributed by atoms with van der Waals surface area (Å²) in [6.07, 6.45) is 0. The second-order valence-corrected chi connectivity index (χ2v) is 5.31. The lowest BCUT2D eigenvalue weighted by atomic mass is 10.1. The fourth-order valence-electron chi connectivity index (χ4n) is 1.89. The molecule has 20 heavy (non-hydrogen) atoms. The molecule has 104 valence electrons. The van der Waals surface area contributed by atoms with Crippen molar-refractivity contribution < 1.29 is 9.53 Å². The molecular formula is C16H16BrNO2. The number of halogens is 1. The number of hydrogen-bond acceptors (Lipinski definition) is 2. The largest absolute Gasteiger partial charge is 0.496 e. The van der Waals surface area contributed by atoms with Gasteiger partial charge in [0.15, 0.2) is 0 Å². The highest BCUT2D eigenvalue weighted by Gasteiger charge is 2.09. The highest BCUT2D eigenvalue weighted by molar-refractivity contribution is 9.10. The van der Waals surface area contributed by atoms with Gasteiger partial charge < -0.3 is 10.1 Å². The summed E-state index contributed by atoms with van der Waals surface area (Å²) >= 11 is 3.38. The molecular weight excluding hydrogens is 318 g/mol. The molecule has 0 heterocycles. The minimum atomic E-state index is -0.100. The molecule has 0 bridgehead atoms. The van der Waals surface area contributed by atoms with Gasteiger partial charge in [0.1, 0.15) is 5.75 Å². The maximum absolute atomic E-state index is 12.1. The molecule has 2 aromatic carbocycles. The summed E-state index contributed by atoms with van der Waals surface area (Å²) in [7, 11) is 1.60. The predicted octanol–water partition coefficient (Wildman–Crippen LogP) is 3.70. The number of hydrogen-bond donors (Lipinski definition) is 1. The van der Waals surface area contributed by atoms with E-state index in [9.17, 15) is 4.79 Å². The Kier molecular flexibility index (Phi) is 4.79. The first-order chi connectivity index (χ1) is 9.61. The van der Waals surface area contributed by atoms with Gasteiger partial charge in [0.2, 0.25) is 0 Å². The molecule has 0 aromatic heterocycles. The predicted molar refractivity (Wildman–Crippen MR) is 83.0 cm³/mol. The van der Waals surface area contributed by atoms with E-state index in [1.807, 2.05) is 31.2 Å². The van der Waals surface area contributed by atoms with Crippen LogP contribution in [0.3, 0.4) is 0 Å². The molecule has 2 rings (SSSR count). The first kappa shape index (κ1) is 14.6. The highest BCUT2D eigenvalue weighted by Crippen LogP contribution is 2.25. The molecule has 0 fully saturated rings.